The molecule has 0 aliphatic carbocycles. The number of carbonyl (C=O) groups is 1. The fraction of sp³-hybridized carbons (Fsp3) is 0.250. The molecule has 3 nitrogen and oxygen atoms in total. The molecular weight excluding hydrogens is 332 g/mol. The number of aryl methyl sites for hydroxylation is 2. The van der Waals surface area contributed by atoms with Gasteiger partial charge in [-0.1, -0.05) is 59.7 Å². The first-order valence-electron chi connectivity index (χ1n) is 9.33. The summed E-state index contributed by atoms with van der Waals surface area (Å²) in [6.07, 6.45) is 5.63. The van der Waals surface area contributed by atoms with Gasteiger partial charge in [-0.05, 0) is 60.9 Å². The van der Waals surface area contributed by atoms with Gasteiger partial charge in [0, 0.05) is 18.8 Å². The Hall–Kier alpha value is -2.94. The van der Waals surface area contributed by atoms with Gasteiger partial charge in [-0.2, -0.15) is 0 Å². The van der Waals surface area contributed by atoms with Gasteiger partial charge in [0.1, 0.15) is 0 Å². The average molecular weight is 358 g/mol. The van der Waals surface area contributed by atoms with Gasteiger partial charge in [0.05, 0.1) is 0 Å². The number of rotatable bonds is 7. The topological polar surface area (TPSA) is 56.0 Å². The quantitative estimate of drug-likeness (QED) is 0.676. The SMILES string of the molecule is Cc1ccc(CC(CC(N)=O)c2ccc(C)cc2Cc2cccnc2)cc1. The second-order valence-electron chi connectivity index (χ2n) is 7.30. The van der Waals surface area contributed by atoms with Crippen molar-refractivity contribution in [1.29, 1.82) is 0 Å². The molecule has 1 amide bonds. The van der Waals surface area contributed by atoms with Gasteiger partial charge in [-0.25, -0.2) is 0 Å². The van der Waals surface area contributed by atoms with E-state index in [0.717, 1.165) is 18.4 Å². The fourth-order valence-corrected chi connectivity index (χ4v) is 3.55. The van der Waals surface area contributed by atoms with Crippen molar-refractivity contribution in [1.82, 2.24) is 4.98 Å². The lowest BCUT2D eigenvalue weighted by molar-refractivity contribution is -0.118. The first kappa shape index (κ1) is 18.8. The highest BCUT2D eigenvalue weighted by Crippen LogP contribution is 2.29. The molecule has 0 fully saturated rings. The van der Waals surface area contributed by atoms with Crippen LogP contribution >= 0.6 is 0 Å². The molecule has 1 aromatic heterocycles. The first-order valence-corrected chi connectivity index (χ1v) is 9.33. The molecule has 3 aromatic rings. The zero-order valence-corrected chi connectivity index (χ0v) is 16.0. The minimum Gasteiger partial charge on any atom is -0.370 e. The van der Waals surface area contributed by atoms with Gasteiger partial charge in [0.15, 0.2) is 0 Å². The largest absolute Gasteiger partial charge is 0.370 e. The van der Waals surface area contributed by atoms with Crippen LogP contribution in [0.4, 0.5) is 0 Å². The van der Waals surface area contributed by atoms with Gasteiger partial charge >= 0.3 is 0 Å². The predicted octanol–water partition coefficient (Wildman–Crippen LogP) is 4.49. The van der Waals surface area contributed by atoms with E-state index in [0.29, 0.717) is 6.42 Å². The Bertz CT molecular complexity index is 901. The van der Waals surface area contributed by atoms with Crippen LogP contribution in [0, 0.1) is 13.8 Å². The van der Waals surface area contributed by atoms with Crippen LogP contribution in [0.2, 0.25) is 0 Å². The molecule has 1 heterocycles. The summed E-state index contributed by atoms with van der Waals surface area (Å²) in [5.74, 6) is -0.197. The second kappa shape index (κ2) is 8.63. The Labute approximate surface area is 161 Å². The minimum absolute atomic E-state index is 0.0671. The van der Waals surface area contributed by atoms with Crippen molar-refractivity contribution in [2.24, 2.45) is 5.73 Å². The van der Waals surface area contributed by atoms with Gasteiger partial charge in [0.2, 0.25) is 5.91 Å². The van der Waals surface area contributed by atoms with Crippen molar-refractivity contribution in [3.05, 3.63) is 100 Å². The van der Waals surface area contributed by atoms with Crippen LogP contribution in [0.1, 0.15) is 45.7 Å². The number of amides is 1. The molecule has 0 aliphatic rings. The monoisotopic (exact) mass is 358 g/mol. The molecule has 2 aromatic carbocycles. The van der Waals surface area contributed by atoms with Crippen LogP contribution in [0.25, 0.3) is 0 Å². The number of benzene rings is 2. The Morgan fingerprint density at radius 2 is 1.74 bits per heavy atom. The molecule has 0 radical (unpaired) electrons. The molecule has 1 atom stereocenters. The van der Waals surface area contributed by atoms with E-state index in [4.69, 9.17) is 5.73 Å². The summed E-state index contributed by atoms with van der Waals surface area (Å²) in [5.41, 5.74) is 12.9. The highest BCUT2D eigenvalue weighted by Gasteiger charge is 2.19. The predicted molar refractivity (Wildman–Crippen MR) is 110 cm³/mol. The van der Waals surface area contributed by atoms with Crippen LogP contribution in [0.15, 0.2) is 67.0 Å². The molecule has 1 unspecified atom stereocenters. The Kier molecular flexibility index (Phi) is 6.02. The maximum absolute atomic E-state index is 11.8. The van der Waals surface area contributed by atoms with E-state index >= 15 is 0 Å². The van der Waals surface area contributed by atoms with E-state index in [1.54, 1.807) is 6.20 Å². The molecule has 0 saturated carbocycles. The Balaban J connectivity index is 1.95. The average Bonchev–Trinajstić information content (AvgIpc) is 2.64. The Morgan fingerprint density at radius 1 is 1.00 bits per heavy atom. The van der Waals surface area contributed by atoms with Crippen molar-refractivity contribution in [2.75, 3.05) is 0 Å². The summed E-state index contributed by atoms with van der Waals surface area (Å²) in [6, 6.07) is 19.0. The van der Waals surface area contributed by atoms with Crippen LogP contribution < -0.4 is 5.73 Å². The fourth-order valence-electron chi connectivity index (χ4n) is 3.55. The van der Waals surface area contributed by atoms with E-state index in [9.17, 15) is 4.79 Å². The third-order valence-electron chi connectivity index (χ3n) is 4.91. The first-order chi connectivity index (χ1) is 13.0. The van der Waals surface area contributed by atoms with E-state index < -0.39 is 0 Å². The van der Waals surface area contributed by atoms with E-state index in [2.05, 4.69) is 67.4 Å². The molecule has 0 aliphatic heterocycles. The normalized spacial score (nSPS) is 11.9. The number of primary amides is 1. The molecule has 0 spiro atoms. The molecule has 27 heavy (non-hydrogen) atoms. The third-order valence-corrected chi connectivity index (χ3v) is 4.91. The van der Waals surface area contributed by atoms with Crippen LogP contribution in [-0.2, 0) is 17.6 Å². The number of hydrogen-bond donors (Lipinski definition) is 1. The number of carbonyl (C=O) groups excluding carboxylic acids is 1. The molecule has 0 saturated heterocycles. The summed E-state index contributed by atoms with van der Waals surface area (Å²) in [6.45, 7) is 4.18. The molecule has 0 bridgehead atoms. The molecule has 3 rings (SSSR count). The van der Waals surface area contributed by atoms with Crippen LogP contribution in [-0.4, -0.2) is 10.9 Å². The lowest BCUT2D eigenvalue weighted by Gasteiger charge is -2.21. The molecular formula is C24H26N2O. The summed E-state index contributed by atoms with van der Waals surface area (Å²) < 4.78 is 0. The van der Waals surface area contributed by atoms with Crippen molar-refractivity contribution >= 4 is 5.91 Å². The van der Waals surface area contributed by atoms with Crippen molar-refractivity contribution < 1.29 is 4.79 Å². The van der Waals surface area contributed by atoms with Crippen LogP contribution in [0.5, 0.6) is 0 Å². The zero-order chi connectivity index (χ0) is 19.2. The Morgan fingerprint density at radius 3 is 2.41 bits per heavy atom. The number of aromatic nitrogens is 1. The minimum atomic E-state index is -0.264. The third kappa shape index (κ3) is 5.27. The highest BCUT2D eigenvalue weighted by atomic mass is 16.1. The molecule has 2 N–H and O–H groups in total. The van der Waals surface area contributed by atoms with E-state index in [-0.39, 0.29) is 11.8 Å². The van der Waals surface area contributed by atoms with Gasteiger partial charge in [0.25, 0.3) is 0 Å². The van der Waals surface area contributed by atoms with Gasteiger partial charge < -0.3 is 5.73 Å². The highest BCUT2D eigenvalue weighted by molar-refractivity contribution is 5.75. The summed E-state index contributed by atoms with van der Waals surface area (Å²) in [5, 5.41) is 0. The smallest absolute Gasteiger partial charge is 0.218 e. The maximum atomic E-state index is 11.8. The van der Waals surface area contributed by atoms with E-state index in [1.165, 1.54) is 27.8 Å². The molecule has 3 heteroatoms. The second-order valence-corrected chi connectivity index (χ2v) is 7.30. The number of nitrogens with two attached hydrogens (primary N) is 1. The van der Waals surface area contributed by atoms with Crippen LogP contribution in [0.3, 0.4) is 0 Å². The zero-order valence-electron chi connectivity index (χ0n) is 16.0. The van der Waals surface area contributed by atoms with Crippen molar-refractivity contribution in [2.45, 2.75) is 39.0 Å². The number of hydrogen-bond acceptors (Lipinski definition) is 2. The molecule has 138 valence electrons. The summed E-state index contributed by atoms with van der Waals surface area (Å²) in [4.78, 5) is 16.0. The van der Waals surface area contributed by atoms with Gasteiger partial charge in [-0.15, -0.1) is 0 Å². The van der Waals surface area contributed by atoms with Crippen molar-refractivity contribution in [3.63, 3.8) is 0 Å². The summed E-state index contributed by atoms with van der Waals surface area (Å²) >= 11 is 0. The lowest BCUT2D eigenvalue weighted by atomic mass is 9.84. The van der Waals surface area contributed by atoms with Crippen molar-refractivity contribution in [3.8, 4) is 0 Å². The lowest BCUT2D eigenvalue weighted by Crippen LogP contribution is -2.18. The van der Waals surface area contributed by atoms with E-state index in [1.807, 2.05) is 12.3 Å². The maximum Gasteiger partial charge on any atom is 0.218 e. The summed E-state index contributed by atoms with van der Waals surface area (Å²) in [7, 11) is 0. The number of nitrogens with zero attached hydrogens (tertiary/aromatic N) is 1. The number of pyridine rings is 1. The standard InChI is InChI=1S/C24H26N2O/c1-17-5-8-19(9-6-17)13-22(15-24(25)27)23-10-7-18(2)12-21(23)14-20-4-3-11-26-16-20/h3-12,16,22H,13-15H2,1-2H3,(H2,25,27). The van der Waals surface area contributed by atoms with Gasteiger partial charge in [-0.3, -0.25) is 9.78 Å².